The molecule has 0 saturated carbocycles. The zero-order valence-corrected chi connectivity index (χ0v) is 9.57. The van der Waals surface area contributed by atoms with E-state index in [9.17, 15) is 0 Å². The van der Waals surface area contributed by atoms with Gasteiger partial charge in [0, 0.05) is 5.33 Å². The second-order valence-electron chi connectivity index (χ2n) is 1.59. The first kappa shape index (κ1) is 9.84. The first-order chi connectivity index (χ1) is 4.31. The van der Waals surface area contributed by atoms with Crippen molar-refractivity contribution in [1.82, 2.24) is 0 Å². The molecule has 0 atom stereocenters. The normalized spacial score (nSPS) is 14.1. The monoisotopic (exact) mass is 263 g/mol. The van der Waals surface area contributed by atoms with Crippen molar-refractivity contribution >= 4 is 15.9 Å². The van der Waals surface area contributed by atoms with Crippen molar-refractivity contribution in [3.05, 3.63) is 21.5 Å². The average Bonchev–Trinajstić information content (AvgIpc) is 2.20. The van der Waals surface area contributed by atoms with Crippen LogP contribution in [-0.2, 0) is 24.7 Å². The first-order valence-electron chi connectivity index (χ1n) is 2.94. The van der Waals surface area contributed by atoms with Gasteiger partial charge in [0.1, 0.15) is 0 Å². The molecule has 0 spiro atoms. The van der Waals surface area contributed by atoms with Crippen LogP contribution in [0, 0.1) is 0 Å². The standard InChI is InChI=1S/C5H5.C2H5Br.Zr/c1-2-4-5-3-1;1-2-3;/h1-3H,4H2;2H2,1H3;. The van der Waals surface area contributed by atoms with Gasteiger partial charge in [0.2, 0.25) is 0 Å². The third kappa shape index (κ3) is 6.73. The molecule has 1 rings (SSSR count). The molecule has 1 aliphatic carbocycles. The fourth-order valence-electron chi connectivity index (χ4n) is 0.447. The van der Waals surface area contributed by atoms with E-state index in [0.29, 0.717) is 0 Å². The summed E-state index contributed by atoms with van der Waals surface area (Å²) >= 11 is 4.71. The van der Waals surface area contributed by atoms with Crippen LogP contribution in [0.1, 0.15) is 13.3 Å². The predicted octanol–water partition coefficient (Wildman–Crippen LogP) is 2.78. The number of rotatable bonds is 0. The van der Waals surface area contributed by atoms with Crippen molar-refractivity contribution in [2.24, 2.45) is 0 Å². The van der Waals surface area contributed by atoms with Crippen molar-refractivity contribution in [1.29, 1.82) is 0 Å². The van der Waals surface area contributed by atoms with Crippen LogP contribution in [0.4, 0.5) is 0 Å². The van der Waals surface area contributed by atoms with Gasteiger partial charge in [0.15, 0.2) is 0 Å². The predicted molar refractivity (Wildman–Crippen MR) is 41.3 cm³/mol. The Morgan fingerprint density at radius 1 is 1.78 bits per heavy atom. The molecule has 0 aromatic carbocycles. The number of halogens is 1. The van der Waals surface area contributed by atoms with Crippen LogP contribution < -0.4 is 0 Å². The molecular formula is C7H10BrZr. The number of hydrogen-bond acceptors (Lipinski definition) is 0. The maximum absolute atomic E-state index is 3.15. The molecule has 2 heteroatoms. The van der Waals surface area contributed by atoms with Crippen LogP contribution >= 0.6 is 15.9 Å². The summed E-state index contributed by atoms with van der Waals surface area (Å²) in [4.78, 5) is 0. The Kier molecular flexibility index (Phi) is 7.61. The Balaban J connectivity index is 0.000000187. The zero-order chi connectivity index (χ0) is 7.11. The molecule has 0 bridgehead atoms. The summed E-state index contributed by atoms with van der Waals surface area (Å²) in [6, 6.07) is 0. The van der Waals surface area contributed by atoms with Gasteiger partial charge in [0.05, 0.1) is 0 Å². The van der Waals surface area contributed by atoms with E-state index in [2.05, 4.69) is 34.2 Å². The summed E-state index contributed by atoms with van der Waals surface area (Å²) in [7, 11) is 0. The quantitative estimate of drug-likeness (QED) is 0.591. The Bertz CT molecular complexity index is 116. The third-order valence-corrected chi connectivity index (χ3v) is 1.68. The van der Waals surface area contributed by atoms with Gasteiger partial charge in [-0.1, -0.05) is 22.9 Å². The minimum atomic E-state index is 1.06. The maximum atomic E-state index is 3.15. The Labute approximate surface area is 80.4 Å². The van der Waals surface area contributed by atoms with Gasteiger partial charge < -0.3 is 0 Å². The molecule has 0 aliphatic heterocycles. The topological polar surface area (TPSA) is 0 Å². The molecule has 0 radical (unpaired) electrons. The molecule has 0 aromatic rings. The van der Waals surface area contributed by atoms with E-state index in [4.69, 9.17) is 0 Å². The van der Waals surface area contributed by atoms with Gasteiger partial charge in [-0.15, -0.1) is 0 Å². The third-order valence-electron chi connectivity index (χ3n) is 0.771. The van der Waals surface area contributed by atoms with Gasteiger partial charge >= 0.3 is 52.6 Å². The van der Waals surface area contributed by atoms with Crippen LogP contribution in [0.3, 0.4) is 0 Å². The number of hydrogen-bond donors (Lipinski definition) is 0. The van der Waals surface area contributed by atoms with E-state index < -0.39 is 0 Å². The summed E-state index contributed by atoms with van der Waals surface area (Å²) in [5.41, 5.74) is 0. The van der Waals surface area contributed by atoms with Crippen molar-refractivity contribution in [2.75, 3.05) is 5.33 Å². The molecule has 0 amide bonds. The van der Waals surface area contributed by atoms with E-state index in [1.165, 1.54) is 6.42 Å². The van der Waals surface area contributed by atoms with Gasteiger partial charge in [-0.05, 0) is 0 Å². The molecule has 0 unspecified atom stereocenters. The summed E-state index contributed by atoms with van der Waals surface area (Å²) in [5.74, 6) is 0. The van der Waals surface area contributed by atoms with Gasteiger partial charge in [-0.3, -0.25) is 0 Å². The zero-order valence-electron chi connectivity index (χ0n) is 5.52. The van der Waals surface area contributed by atoms with E-state index in [-0.39, 0.29) is 0 Å². The second-order valence-corrected chi connectivity index (χ2v) is 4.29. The van der Waals surface area contributed by atoms with Crippen LogP contribution in [0.25, 0.3) is 0 Å². The SMILES string of the molecule is CCBr.[Zr][C]1=CC=CC1. The molecule has 0 heterocycles. The van der Waals surface area contributed by atoms with E-state index in [0.717, 1.165) is 5.33 Å². The second kappa shape index (κ2) is 6.96. The molecule has 0 aromatic heterocycles. The van der Waals surface area contributed by atoms with E-state index in [1.807, 2.05) is 6.92 Å². The van der Waals surface area contributed by atoms with Crippen molar-refractivity contribution in [3.8, 4) is 0 Å². The average molecular weight is 265 g/mol. The molecule has 1 aliphatic rings. The summed E-state index contributed by atoms with van der Waals surface area (Å²) in [6.07, 6.45) is 7.69. The van der Waals surface area contributed by atoms with Crippen molar-refractivity contribution < 1.29 is 24.7 Å². The van der Waals surface area contributed by atoms with E-state index >= 15 is 0 Å². The van der Waals surface area contributed by atoms with Gasteiger partial charge in [0.25, 0.3) is 0 Å². The molecular weight excluding hydrogens is 255 g/mol. The minimum absolute atomic E-state index is 1.06. The molecule has 0 fully saturated rings. The number of alkyl halides is 1. The van der Waals surface area contributed by atoms with Crippen LogP contribution in [0.15, 0.2) is 21.5 Å². The Morgan fingerprint density at radius 2 is 2.33 bits per heavy atom. The summed E-state index contributed by atoms with van der Waals surface area (Å²) in [5, 5.41) is 1.06. The first-order valence-corrected chi connectivity index (χ1v) is 5.29. The molecule has 0 saturated heterocycles. The Hall–Kier alpha value is 0.843. The van der Waals surface area contributed by atoms with E-state index in [1.54, 1.807) is 28.0 Å². The van der Waals surface area contributed by atoms with Crippen molar-refractivity contribution in [2.45, 2.75) is 13.3 Å². The number of allylic oxidation sites excluding steroid dienone is 4. The molecule has 9 heavy (non-hydrogen) atoms. The van der Waals surface area contributed by atoms with Crippen LogP contribution in [0.2, 0.25) is 0 Å². The Morgan fingerprint density at radius 3 is 2.44 bits per heavy atom. The van der Waals surface area contributed by atoms with Crippen molar-refractivity contribution in [3.63, 3.8) is 0 Å². The summed E-state index contributed by atoms with van der Waals surface area (Å²) < 4.78 is 1.56. The van der Waals surface area contributed by atoms with Gasteiger partial charge in [-0.2, -0.15) is 0 Å². The van der Waals surface area contributed by atoms with Crippen LogP contribution in [-0.4, -0.2) is 5.33 Å². The van der Waals surface area contributed by atoms with Crippen LogP contribution in [0.5, 0.6) is 0 Å². The molecule has 49 valence electrons. The summed E-state index contributed by atoms with van der Waals surface area (Å²) in [6.45, 7) is 2.04. The fraction of sp³-hybridized carbons (Fsp3) is 0.429. The molecule has 0 N–H and O–H groups in total. The molecule has 0 nitrogen and oxygen atoms in total. The van der Waals surface area contributed by atoms with Gasteiger partial charge in [-0.25, -0.2) is 0 Å². The fourth-order valence-corrected chi connectivity index (χ4v) is 0.973.